The number of hydrogen-bond donors (Lipinski definition) is 2. The van der Waals surface area contributed by atoms with Crippen LogP contribution in [0.1, 0.15) is 64.4 Å². The molecule has 2 N–H and O–H groups in total. The van der Waals surface area contributed by atoms with Crippen LogP contribution >= 0.6 is 0 Å². The molecule has 0 aliphatic heterocycles. The van der Waals surface area contributed by atoms with E-state index in [4.69, 9.17) is 9.47 Å². The van der Waals surface area contributed by atoms with Gasteiger partial charge in [0.1, 0.15) is 22.9 Å². The smallest absolute Gasteiger partial charge is 0.421 e. The van der Waals surface area contributed by atoms with Gasteiger partial charge in [-0.15, -0.1) is 0 Å². The number of hydrogen-bond acceptors (Lipinski definition) is 6. The van der Waals surface area contributed by atoms with Crippen molar-refractivity contribution in [3.8, 4) is 11.5 Å². The molecule has 37 heavy (non-hydrogen) atoms. The minimum absolute atomic E-state index is 0.0325. The first-order valence-corrected chi connectivity index (χ1v) is 12.8. The number of alkyl halides is 3. The Morgan fingerprint density at radius 3 is 2.19 bits per heavy atom. The zero-order valence-electron chi connectivity index (χ0n) is 21.4. The second-order valence-corrected chi connectivity index (χ2v) is 8.69. The van der Waals surface area contributed by atoms with Gasteiger partial charge >= 0.3 is 6.18 Å². The number of halogens is 3. The van der Waals surface area contributed by atoms with Crippen molar-refractivity contribution in [2.24, 2.45) is 0 Å². The van der Waals surface area contributed by atoms with Crippen LogP contribution in [0.5, 0.6) is 11.5 Å². The third-order valence-electron chi connectivity index (χ3n) is 5.62. The van der Waals surface area contributed by atoms with Crippen molar-refractivity contribution in [1.82, 2.24) is 9.97 Å². The fraction of sp³-hybridized carbons (Fsp3) is 0.429. The molecular formula is C28H35F3N4O2. The molecule has 0 saturated carbocycles. The average Bonchev–Trinajstić information content (AvgIpc) is 2.88. The molecular weight excluding hydrogens is 481 g/mol. The summed E-state index contributed by atoms with van der Waals surface area (Å²) in [5.74, 6) is 0.867. The van der Waals surface area contributed by atoms with Crippen LogP contribution in [0.15, 0.2) is 54.7 Å². The lowest BCUT2D eigenvalue weighted by atomic mass is 10.2. The SMILES string of the molecule is CCCCCCOc1ccccc1Nc1nc(Nc2ccc(OCCCCC)cc2)ncc1C(F)(F)F. The van der Waals surface area contributed by atoms with Crippen molar-refractivity contribution in [3.63, 3.8) is 0 Å². The Balaban J connectivity index is 1.74. The molecule has 6 nitrogen and oxygen atoms in total. The molecule has 0 unspecified atom stereocenters. The number of unbranched alkanes of at least 4 members (excludes halogenated alkanes) is 5. The minimum atomic E-state index is -4.63. The first-order valence-electron chi connectivity index (χ1n) is 12.8. The van der Waals surface area contributed by atoms with E-state index in [-0.39, 0.29) is 11.8 Å². The minimum Gasteiger partial charge on any atom is -0.494 e. The highest BCUT2D eigenvalue weighted by atomic mass is 19.4. The molecule has 0 spiro atoms. The van der Waals surface area contributed by atoms with E-state index in [9.17, 15) is 13.2 Å². The molecule has 0 aliphatic rings. The van der Waals surface area contributed by atoms with Crippen molar-refractivity contribution < 1.29 is 22.6 Å². The third kappa shape index (κ3) is 9.15. The third-order valence-corrected chi connectivity index (χ3v) is 5.62. The maximum atomic E-state index is 13.7. The Kier molecular flexibility index (Phi) is 10.9. The summed E-state index contributed by atoms with van der Waals surface area (Å²) in [6, 6.07) is 14.0. The molecule has 0 atom stereocenters. The van der Waals surface area contributed by atoms with E-state index in [0.29, 0.717) is 30.3 Å². The van der Waals surface area contributed by atoms with Crippen LogP contribution < -0.4 is 20.1 Å². The first kappa shape index (κ1) is 28.1. The second kappa shape index (κ2) is 14.3. The summed E-state index contributed by atoms with van der Waals surface area (Å²) in [6.07, 6.45) is 3.49. The number of para-hydroxylation sites is 2. The molecule has 0 fully saturated rings. The van der Waals surface area contributed by atoms with Crippen LogP contribution in [0, 0.1) is 0 Å². The lowest BCUT2D eigenvalue weighted by Gasteiger charge is -2.17. The number of nitrogens with one attached hydrogen (secondary N) is 2. The predicted octanol–water partition coefficient (Wildman–Crippen LogP) is 8.51. The van der Waals surface area contributed by atoms with Gasteiger partial charge < -0.3 is 20.1 Å². The lowest BCUT2D eigenvalue weighted by molar-refractivity contribution is -0.137. The van der Waals surface area contributed by atoms with Gasteiger partial charge in [-0.2, -0.15) is 18.2 Å². The Morgan fingerprint density at radius 2 is 1.46 bits per heavy atom. The molecule has 9 heteroatoms. The monoisotopic (exact) mass is 516 g/mol. The summed E-state index contributed by atoms with van der Waals surface area (Å²) in [5.41, 5.74) is 0.0618. The number of nitrogens with zero attached hydrogens (tertiary/aromatic N) is 2. The van der Waals surface area contributed by atoms with Crippen LogP contribution in [0.3, 0.4) is 0 Å². The van der Waals surface area contributed by atoms with Gasteiger partial charge in [-0.1, -0.05) is 58.1 Å². The molecule has 200 valence electrons. The Hall–Kier alpha value is -3.49. The molecule has 0 amide bonds. The van der Waals surface area contributed by atoms with E-state index < -0.39 is 11.7 Å². The molecule has 1 heterocycles. The van der Waals surface area contributed by atoms with E-state index in [1.54, 1.807) is 48.5 Å². The number of aromatic nitrogens is 2. The van der Waals surface area contributed by atoms with Crippen molar-refractivity contribution >= 4 is 23.1 Å². The number of rotatable bonds is 15. The first-order chi connectivity index (χ1) is 17.9. The van der Waals surface area contributed by atoms with Gasteiger partial charge in [0, 0.05) is 11.9 Å². The van der Waals surface area contributed by atoms with Gasteiger partial charge in [-0.25, -0.2) is 4.98 Å². The summed E-state index contributed by atoms with van der Waals surface area (Å²) in [5, 5.41) is 5.78. The normalized spacial score (nSPS) is 11.3. The zero-order valence-corrected chi connectivity index (χ0v) is 21.4. The van der Waals surface area contributed by atoms with Gasteiger partial charge in [0.15, 0.2) is 0 Å². The van der Waals surface area contributed by atoms with E-state index in [0.717, 1.165) is 56.9 Å². The van der Waals surface area contributed by atoms with Crippen LogP contribution in [-0.2, 0) is 6.18 Å². The topological polar surface area (TPSA) is 68.3 Å². The van der Waals surface area contributed by atoms with Gasteiger partial charge in [0.25, 0.3) is 0 Å². The predicted molar refractivity (Wildman–Crippen MR) is 141 cm³/mol. The standard InChI is InChI=1S/C28H35F3N4O2/c1-3-5-7-11-19-37-25-13-9-8-12-24(25)34-26-23(28(29,30)31)20-32-27(35-26)33-21-14-16-22(17-15-21)36-18-10-6-4-2/h8-9,12-17,20H,3-7,10-11,18-19H2,1-2H3,(H2,32,33,34,35). The maximum Gasteiger partial charge on any atom is 0.421 e. The van der Waals surface area contributed by atoms with Gasteiger partial charge in [0.2, 0.25) is 5.95 Å². The highest BCUT2D eigenvalue weighted by Gasteiger charge is 2.35. The highest BCUT2D eigenvalue weighted by molar-refractivity contribution is 5.67. The summed E-state index contributed by atoms with van der Waals surface area (Å²) in [6.45, 7) is 5.39. The fourth-order valence-corrected chi connectivity index (χ4v) is 3.58. The lowest BCUT2D eigenvalue weighted by Crippen LogP contribution is -2.13. The molecule has 0 aliphatic carbocycles. The second-order valence-electron chi connectivity index (χ2n) is 8.69. The van der Waals surface area contributed by atoms with Crippen molar-refractivity contribution in [1.29, 1.82) is 0 Å². The molecule has 2 aromatic carbocycles. The molecule has 3 aromatic rings. The summed E-state index contributed by atoms with van der Waals surface area (Å²) < 4.78 is 52.8. The van der Waals surface area contributed by atoms with Crippen LogP contribution in [0.2, 0.25) is 0 Å². The number of benzene rings is 2. The van der Waals surface area contributed by atoms with Gasteiger partial charge in [-0.05, 0) is 49.2 Å². The van der Waals surface area contributed by atoms with Crippen molar-refractivity contribution in [2.75, 3.05) is 23.8 Å². The van der Waals surface area contributed by atoms with Crippen LogP contribution in [0.25, 0.3) is 0 Å². The van der Waals surface area contributed by atoms with Crippen molar-refractivity contribution in [2.45, 2.75) is 65.0 Å². The molecule has 3 rings (SSSR count). The molecule has 0 saturated heterocycles. The van der Waals surface area contributed by atoms with Crippen LogP contribution in [0.4, 0.5) is 36.3 Å². The largest absolute Gasteiger partial charge is 0.494 e. The summed E-state index contributed by atoms with van der Waals surface area (Å²) in [4.78, 5) is 8.04. The maximum absolute atomic E-state index is 13.7. The van der Waals surface area contributed by atoms with E-state index in [1.807, 2.05) is 0 Å². The van der Waals surface area contributed by atoms with Crippen LogP contribution in [-0.4, -0.2) is 23.2 Å². The number of ether oxygens (including phenoxy) is 2. The highest BCUT2D eigenvalue weighted by Crippen LogP contribution is 2.37. The Morgan fingerprint density at radius 1 is 0.784 bits per heavy atom. The van der Waals surface area contributed by atoms with Gasteiger partial charge in [0.05, 0.1) is 18.9 Å². The number of anilines is 4. The summed E-state index contributed by atoms with van der Waals surface area (Å²) in [7, 11) is 0. The average molecular weight is 517 g/mol. The van der Waals surface area contributed by atoms with Crippen molar-refractivity contribution in [3.05, 3.63) is 60.3 Å². The molecule has 0 radical (unpaired) electrons. The quantitative estimate of drug-likeness (QED) is 0.197. The van der Waals surface area contributed by atoms with E-state index in [2.05, 4.69) is 34.4 Å². The molecule has 1 aromatic heterocycles. The Bertz CT molecular complexity index is 1090. The Labute approximate surface area is 216 Å². The van der Waals surface area contributed by atoms with Gasteiger partial charge in [-0.3, -0.25) is 0 Å². The zero-order chi connectivity index (χ0) is 26.5. The fourth-order valence-electron chi connectivity index (χ4n) is 3.58. The molecule has 0 bridgehead atoms. The van der Waals surface area contributed by atoms with E-state index in [1.165, 1.54) is 0 Å². The summed E-state index contributed by atoms with van der Waals surface area (Å²) >= 11 is 0. The van der Waals surface area contributed by atoms with E-state index >= 15 is 0 Å².